The number of guanidine groups is 1. The number of nitrogens with zero attached hydrogens (tertiary/aromatic N) is 2. The minimum Gasteiger partial charge on any atom is -0.361 e. The molecule has 6 heteroatoms. The molecule has 0 saturated carbocycles. The van der Waals surface area contributed by atoms with Gasteiger partial charge in [0.15, 0.2) is 5.96 Å². The highest BCUT2D eigenvalue weighted by Gasteiger charge is 2.08. The van der Waals surface area contributed by atoms with E-state index in [2.05, 4.69) is 34.6 Å². The highest BCUT2D eigenvalue weighted by Crippen LogP contribution is 2.11. The number of nitrogens with one attached hydrogen (secondary N) is 2. The quantitative estimate of drug-likeness (QED) is 0.452. The van der Waals surface area contributed by atoms with Crippen molar-refractivity contribution in [3.05, 3.63) is 17.0 Å². The predicted molar refractivity (Wildman–Crippen MR) is 89.4 cm³/mol. The maximum absolute atomic E-state index is 5.14. The average Bonchev–Trinajstić information content (AvgIpc) is 2.67. The Morgan fingerprint density at radius 1 is 1.26 bits per heavy atom. The summed E-state index contributed by atoms with van der Waals surface area (Å²) in [6.07, 6.45) is 1.96. The van der Waals surface area contributed by atoms with E-state index < -0.39 is 0 Å². The number of aliphatic imine (C=N–C) groups is 1. The van der Waals surface area contributed by atoms with Crippen LogP contribution in [0.4, 0.5) is 0 Å². The van der Waals surface area contributed by atoms with Crippen molar-refractivity contribution in [2.24, 2.45) is 4.99 Å². The Balaban J connectivity index is 0.00000324. The molecule has 0 aliphatic rings. The first-order valence-electron chi connectivity index (χ1n) is 6.63. The summed E-state index contributed by atoms with van der Waals surface area (Å²) in [5, 5.41) is 10.5. The monoisotopic (exact) mass is 380 g/mol. The maximum atomic E-state index is 5.14. The lowest BCUT2D eigenvalue weighted by Crippen LogP contribution is -2.38. The zero-order valence-electron chi connectivity index (χ0n) is 12.2. The first-order valence-corrected chi connectivity index (χ1v) is 6.63. The third kappa shape index (κ3) is 6.26. The van der Waals surface area contributed by atoms with Gasteiger partial charge in [0.25, 0.3) is 0 Å². The SMILES string of the molecule is CCCN=C(NCC)NCCc1c(C)noc1C.I. The lowest BCUT2D eigenvalue weighted by molar-refractivity contribution is 0.392. The normalized spacial score (nSPS) is 11.1. The molecule has 0 saturated heterocycles. The summed E-state index contributed by atoms with van der Waals surface area (Å²) in [6, 6.07) is 0. The van der Waals surface area contributed by atoms with Gasteiger partial charge in [0.2, 0.25) is 0 Å². The summed E-state index contributed by atoms with van der Waals surface area (Å²) >= 11 is 0. The molecule has 0 bridgehead atoms. The zero-order chi connectivity index (χ0) is 13.4. The van der Waals surface area contributed by atoms with Crippen LogP contribution in [0.15, 0.2) is 9.52 Å². The molecular weight excluding hydrogens is 355 g/mol. The molecule has 0 spiro atoms. The molecule has 19 heavy (non-hydrogen) atoms. The van der Waals surface area contributed by atoms with E-state index in [0.717, 1.165) is 49.9 Å². The summed E-state index contributed by atoms with van der Waals surface area (Å²) in [6.45, 7) is 10.7. The van der Waals surface area contributed by atoms with E-state index in [-0.39, 0.29) is 24.0 Å². The van der Waals surface area contributed by atoms with Gasteiger partial charge in [-0.05, 0) is 33.6 Å². The molecule has 0 amide bonds. The zero-order valence-corrected chi connectivity index (χ0v) is 14.6. The molecule has 0 aliphatic heterocycles. The maximum Gasteiger partial charge on any atom is 0.191 e. The van der Waals surface area contributed by atoms with Crippen molar-refractivity contribution in [2.45, 2.75) is 40.5 Å². The van der Waals surface area contributed by atoms with Gasteiger partial charge < -0.3 is 15.2 Å². The third-order valence-corrected chi connectivity index (χ3v) is 2.69. The molecule has 0 aromatic carbocycles. The Labute approximate surface area is 132 Å². The van der Waals surface area contributed by atoms with Crippen molar-refractivity contribution >= 4 is 29.9 Å². The number of hydrogen-bond donors (Lipinski definition) is 2. The third-order valence-electron chi connectivity index (χ3n) is 2.69. The Kier molecular flexibility index (Phi) is 9.63. The van der Waals surface area contributed by atoms with E-state index in [1.807, 2.05) is 13.8 Å². The van der Waals surface area contributed by atoms with E-state index >= 15 is 0 Å². The molecule has 2 N–H and O–H groups in total. The van der Waals surface area contributed by atoms with Crippen molar-refractivity contribution in [1.29, 1.82) is 0 Å². The van der Waals surface area contributed by atoms with Crippen LogP contribution in [0, 0.1) is 13.8 Å². The van der Waals surface area contributed by atoms with Crippen LogP contribution in [-0.2, 0) is 6.42 Å². The second-order valence-corrected chi connectivity index (χ2v) is 4.24. The first-order chi connectivity index (χ1) is 8.69. The molecule has 1 rings (SSSR count). The Morgan fingerprint density at radius 2 is 2.00 bits per heavy atom. The van der Waals surface area contributed by atoms with Crippen LogP contribution in [0.25, 0.3) is 0 Å². The van der Waals surface area contributed by atoms with Gasteiger partial charge >= 0.3 is 0 Å². The number of aryl methyl sites for hydroxylation is 2. The van der Waals surface area contributed by atoms with Crippen LogP contribution in [0.3, 0.4) is 0 Å². The fraction of sp³-hybridized carbons (Fsp3) is 0.692. The molecule has 110 valence electrons. The topological polar surface area (TPSA) is 62.5 Å². The minimum absolute atomic E-state index is 0. The molecule has 0 aliphatic carbocycles. The van der Waals surface area contributed by atoms with Crippen molar-refractivity contribution < 1.29 is 4.52 Å². The van der Waals surface area contributed by atoms with Gasteiger partial charge in [-0.3, -0.25) is 4.99 Å². The summed E-state index contributed by atoms with van der Waals surface area (Å²) in [4.78, 5) is 4.45. The van der Waals surface area contributed by atoms with Crippen LogP contribution < -0.4 is 10.6 Å². The summed E-state index contributed by atoms with van der Waals surface area (Å²) in [7, 11) is 0. The molecule has 1 heterocycles. The Hall–Kier alpha value is -0.790. The number of aromatic nitrogens is 1. The fourth-order valence-corrected chi connectivity index (χ4v) is 1.73. The largest absolute Gasteiger partial charge is 0.361 e. The van der Waals surface area contributed by atoms with Crippen LogP contribution in [0.1, 0.15) is 37.3 Å². The van der Waals surface area contributed by atoms with Gasteiger partial charge in [-0.15, -0.1) is 24.0 Å². The van der Waals surface area contributed by atoms with Gasteiger partial charge in [0, 0.05) is 25.2 Å². The van der Waals surface area contributed by atoms with Gasteiger partial charge in [-0.1, -0.05) is 12.1 Å². The van der Waals surface area contributed by atoms with E-state index in [1.165, 1.54) is 5.56 Å². The highest BCUT2D eigenvalue weighted by molar-refractivity contribution is 14.0. The fourth-order valence-electron chi connectivity index (χ4n) is 1.73. The second-order valence-electron chi connectivity index (χ2n) is 4.24. The lowest BCUT2D eigenvalue weighted by atomic mass is 10.1. The summed E-state index contributed by atoms with van der Waals surface area (Å²) in [5.74, 6) is 1.79. The van der Waals surface area contributed by atoms with E-state index in [4.69, 9.17) is 4.52 Å². The molecule has 5 nitrogen and oxygen atoms in total. The predicted octanol–water partition coefficient (Wildman–Crippen LogP) is 2.42. The van der Waals surface area contributed by atoms with Crippen LogP contribution in [-0.4, -0.2) is 30.8 Å². The van der Waals surface area contributed by atoms with Crippen molar-refractivity contribution in [3.8, 4) is 0 Å². The number of halogens is 1. The van der Waals surface area contributed by atoms with Crippen molar-refractivity contribution in [1.82, 2.24) is 15.8 Å². The smallest absolute Gasteiger partial charge is 0.191 e. The van der Waals surface area contributed by atoms with Gasteiger partial charge in [-0.25, -0.2) is 0 Å². The van der Waals surface area contributed by atoms with Gasteiger partial charge in [-0.2, -0.15) is 0 Å². The number of hydrogen-bond acceptors (Lipinski definition) is 3. The van der Waals surface area contributed by atoms with Crippen LogP contribution in [0.2, 0.25) is 0 Å². The Bertz CT molecular complexity index is 370. The lowest BCUT2D eigenvalue weighted by Gasteiger charge is -2.10. The molecule has 1 aromatic rings. The molecule has 0 fully saturated rings. The standard InChI is InChI=1S/C13H24N4O.HI/c1-5-8-15-13(14-6-2)16-9-7-12-10(3)17-18-11(12)4;/h5-9H2,1-4H3,(H2,14,15,16);1H. The van der Waals surface area contributed by atoms with E-state index in [1.54, 1.807) is 0 Å². The first kappa shape index (κ1) is 18.2. The second kappa shape index (κ2) is 10.1. The van der Waals surface area contributed by atoms with Crippen molar-refractivity contribution in [3.63, 3.8) is 0 Å². The van der Waals surface area contributed by atoms with Crippen LogP contribution >= 0.6 is 24.0 Å². The molecule has 0 radical (unpaired) electrons. The van der Waals surface area contributed by atoms with Crippen molar-refractivity contribution in [2.75, 3.05) is 19.6 Å². The molecule has 0 unspecified atom stereocenters. The van der Waals surface area contributed by atoms with Gasteiger partial charge in [0.1, 0.15) is 5.76 Å². The summed E-state index contributed by atoms with van der Waals surface area (Å²) in [5.41, 5.74) is 2.17. The molecule has 1 aromatic heterocycles. The number of rotatable bonds is 6. The average molecular weight is 380 g/mol. The van der Waals surface area contributed by atoms with Crippen LogP contribution in [0.5, 0.6) is 0 Å². The minimum atomic E-state index is 0. The van der Waals surface area contributed by atoms with E-state index in [9.17, 15) is 0 Å². The highest BCUT2D eigenvalue weighted by atomic mass is 127. The van der Waals surface area contributed by atoms with Gasteiger partial charge in [0.05, 0.1) is 5.69 Å². The molecular formula is C13H25IN4O. The van der Waals surface area contributed by atoms with E-state index in [0.29, 0.717) is 0 Å². The Morgan fingerprint density at radius 3 is 2.53 bits per heavy atom. The molecule has 0 atom stereocenters. The summed E-state index contributed by atoms with van der Waals surface area (Å²) < 4.78 is 5.14.